The van der Waals surface area contributed by atoms with Gasteiger partial charge in [-0.25, -0.2) is 0 Å². The van der Waals surface area contributed by atoms with Crippen molar-refractivity contribution in [1.29, 1.82) is 0 Å². The zero-order valence-corrected chi connectivity index (χ0v) is 11.9. The highest BCUT2D eigenvalue weighted by atomic mass is 16.6. The van der Waals surface area contributed by atoms with Crippen LogP contribution >= 0.6 is 0 Å². The van der Waals surface area contributed by atoms with E-state index in [-0.39, 0.29) is 0 Å². The first-order chi connectivity index (χ1) is 10.4. The second-order valence-electron chi connectivity index (χ2n) is 4.89. The first-order valence-electron chi connectivity index (χ1n) is 7.19. The van der Waals surface area contributed by atoms with Gasteiger partial charge in [-0.1, -0.05) is 42.5 Å². The van der Waals surface area contributed by atoms with E-state index in [1.807, 2.05) is 48.5 Å². The van der Waals surface area contributed by atoms with E-state index in [2.05, 4.69) is 5.48 Å². The second kappa shape index (κ2) is 7.11. The van der Waals surface area contributed by atoms with Crippen LogP contribution in [0.25, 0.3) is 0 Å². The van der Waals surface area contributed by atoms with Crippen LogP contribution in [0.3, 0.4) is 0 Å². The van der Waals surface area contributed by atoms with Gasteiger partial charge in [0.2, 0.25) is 0 Å². The molecule has 0 amide bonds. The summed E-state index contributed by atoms with van der Waals surface area (Å²) in [4.78, 5) is 5.50. The Hall–Kier alpha value is -2.04. The molecule has 0 fully saturated rings. The maximum absolute atomic E-state index is 5.77. The summed E-state index contributed by atoms with van der Waals surface area (Å²) in [6.45, 7) is 2.51. The summed E-state index contributed by atoms with van der Waals surface area (Å²) in [5.41, 5.74) is 5.16. The molecule has 1 aliphatic rings. The third kappa shape index (κ3) is 3.74. The molecular weight excluding hydrogens is 266 g/mol. The van der Waals surface area contributed by atoms with E-state index in [9.17, 15) is 0 Å². The highest BCUT2D eigenvalue weighted by Crippen LogP contribution is 2.33. The standard InChI is InChI=1S/C17H19NO3/c1-2-6-14(7-3-1)13-21-18-12-15-8-4-9-16-17(15)20-11-5-10-19-16/h1-4,6-9,18H,5,10-13H2. The number of hydrogen-bond donors (Lipinski definition) is 1. The molecular formula is C17H19NO3. The molecule has 4 heteroatoms. The third-order valence-corrected chi connectivity index (χ3v) is 3.30. The summed E-state index contributed by atoms with van der Waals surface area (Å²) in [6, 6.07) is 16.0. The van der Waals surface area contributed by atoms with Gasteiger partial charge in [0.15, 0.2) is 11.5 Å². The molecule has 0 spiro atoms. The average Bonchev–Trinajstić information content (AvgIpc) is 2.78. The van der Waals surface area contributed by atoms with E-state index in [0.717, 1.165) is 29.0 Å². The topological polar surface area (TPSA) is 39.7 Å². The summed E-state index contributed by atoms with van der Waals surface area (Å²) < 4.78 is 11.4. The molecule has 0 unspecified atom stereocenters. The minimum Gasteiger partial charge on any atom is -0.490 e. The smallest absolute Gasteiger partial charge is 0.165 e. The van der Waals surface area contributed by atoms with Crippen LogP contribution in [0.15, 0.2) is 48.5 Å². The molecule has 110 valence electrons. The van der Waals surface area contributed by atoms with Crippen LogP contribution in [-0.4, -0.2) is 13.2 Å². The second-order valence-corrected chi connectivity index (χ2v) is 4.89. The SMILES string of the molecule is c1ccc(CONCc2cccc3c2OCCCO3)cc1. The van der Waals surface area contributed by atoms with Crippen molar-refractivity contribution < 1.29 is 14.3 Å². The first-order valence-corrected chi connectivity index (χ1v) is 7.19. The van der Waals surface area contributed by atoms with Crippen molar-refractivity contribution in [3.05, 3.63) is 59.7 Å². The molecule has 3 rings (SSSR count). The summed E-state index contributed by atoms with van der Waals surface area (Å²) in [7, 11) is 0. The normalized spacial score (nSPS) is 13.7. The number of ether oxygens (including phenoxy) is 2. The molecule has 2 aromatic rings. The Kier molecular flexibility index (Phi) is 4.71. The largest absolute Gasteiger partial charge is 0.490 e. The molecule has 1 heterocycles. The Labute approximate surface area is 124 Å². The highest BCUT2D eigenvalue weighted by Gasteiger charge is 2.13. The van der Waals surface area contributed by atoms with E-state index < -0.39 is 0 Å². The Morgan fingerprint density at radius 1 is 0.952 bits per heavy atom. The van der Waals surface area contributed by atoms with Crippen LogP contribution in [0.4, 0.5) is 0 Å². The summed E-state index contributed by atoms with van der Waals surface area (Å²) >= 11 is 0. The zero-order valence-electron chi connectivity index (χ0n) is 11.9. The lowest BCUT2D eigenvalue weighted by atomic mass is 10.2. The monoisotopic (exact) mass is 285 g/mol. The lowest BCUT2D eigenvalue weighted by Gasteiger charge is -2.13. The summed E-state index contributed by atoms with van der Waals surface area (Å²) in [6.07, 6.45) is 0.909. The Morgan fingerprint density at radius 2 is 1.81 bits per heavy atom. The number of fused-ring (bicyclic) bond motifs is 1. The van der Waals surface area contributed by atoms with Gasteiger partial charge in [0.1, 0.15) is 0 Å². The van der Waals surface area contributed by atoms with Gasteiger partial charge in [-0.2, -0.15) is 5.48 Å². The van der Waals surface area contributed by atoms with E-state index in [4.69, 9.17) is 14.3 Å². The predicted octanol–water partition coefficient (Wildman–Crippen LogP) is 3.07. The fourth-order valence-corrected chi connectivity index (χ4v) is 2.23. The van der Waals surface area contributed by atoms with Crippen molar-refractivity contribution >= 4 is 0 Å². The maximum Gasteiger partial charge on any atom is 0.165 e. The quantitative estimate of drug-likeness (QED) is 0.677. The van der Waals surface area contributed by atoms with Crippen LogP contribution in [-0.2, 0) is 18.0 Å². The molecule has 21 heavy (non-hydrogen) atoms. The summed E-state index contributed by atoms with van der Waals surface area (Å²) in [5, 5.41) is 0. The molecule has 0 saturated carbocycles. The minimum atomic E-state index is 0.535. The first kappa shape index (κ1) is 13.9. The Bertz CT molecular complexity index is 572. The molecule has 0 bridgehead atoms. The van der Waals surface area contributed by atoms with Gasteiger partial charge >= 0.3 is 0 Å². The van der Waals surface area contributed by atoms with E-state index in [1.54, 1.807) is 0 Å². The number of rotatable bonds is 5. The van der Waals surface area contributed by atoms with Gasteiger partial charge in [0, 0.05) is 18.5 Å². The van der Waals surface area contributed by atoms with Gasteiger partial charge in [-0.15, -0.1) is 0 Å². The van der Waals surface area contributed by atoms with Crippen molar-refractivity contribution in [1.82, 2.24) is 5.48 Å². The van der Waals surface area contributed by atoms with Crippen molar-refractivity contribution in [2.24, 2.45) is 0 Å². The fourth-order valence-electron chi connectivity index (χ4n) is 2.23. The fraction of sp³-hybridized carbons (Fsp3) is 0.294. The highest BCUT2D eigenvalue weighted by molar-refractivity contribution is 5.46. The molecule has 1 N–H and O–H groups in total. The van der Waals surface area contributed by atoms with Crippen molar-refractivity contribution in [2.45, 2.75) is 19.6 Å². The molecule has 0 atom stereocenters. The summed E-state index contributed by atoms with van der Waals surface area (Å²) in [5.74, 6) is 1.64. The van der Waals surface area contributed by atoms with Gasteiger partial charge in [-0.3, -0.25) is 4.84 Å². The van der Waals surface area contributed by atoms with Crippen LogP contribution in [0.1, 0.15) is 17.5 Å². The van der Waals surface area contributed by atoms with Gasteiger partial charge in [-0.05, 0) is 11.6 Å². The average molecular weight is 285 g/mol. The molecule has 0 radical (unpaired) electrons. The molecule has 4 nitrogen and oxygen atoms in total. The molecule has 2 aromatic carbocycles. The van der Waals surface area contributed by atoms with Gasteiger partial charge in [0.05, 0.1) is 19.8 Å². The van der Waals surface area contributed by atoms with E-state index in [0.29, 0.717) is 26.4 Å². The van der Waals surface area contributed by atoms with Gasteiger partial charge < -0.3 is 9.47 Å². The number of nitrogens with one attached hydrogen (secondary N) is 1. The predicted molar refractivity (Wildman–Crippen MR) is 80.1 cm³/mol. The van der Waals surface area contributed by atoms with Crippen LogP contribution in [0, 0.1) is 0 Å². The molecule has 0 aromatic heterocycles. The lowest BCUT2D eigenvalue weighted by molar-refractivity contribution is 0.0230. The Balaban J connectivity index is 1.56. The third-order valence-electron chi connectivity index (χ3n) is 3.30. The minimum absolute atomic E-state index is 0.535. The van der Waals surface area contributed by atoms with Crippen LogP contribution < -0.4 is 15.0 Å². The Morgan fingerprint density at radius 3 is 2.71 bits per heavy atom. The molecule has 0 aliphatic carbocycles. The number of benzene rings is 2. The van der Waals surface area contributed by atoms with Crippen molar-refractivity contribution in [3.63, 3.8) is 0 Å². The lowest BCUT2D eigenvalue weighted by Crippen LogP contribution is -2.14. The van der Waals surface area contributed by atoms with Crippen LogP contribution in [0.5, 0.6) is 11.5 Å². The number of para-hydroxylation sites is 1. The maximum atomic E-state index is 5.77. The molecule has 1 aliphatic heterocycles. The van der Waals surface area contributed by atoms with Crippen LogP contribution in [0.2, 0.25) is 0 Å². The number of hydrogen-bond acceptors (Lipinski definition) is 4. The van der Waals surface area contributed by atoms with Crippen molar-refractivity contribution in [3.8, 4) is 11.5 Å². The zero-order chi connectivity index (χ0) is 14.3. The van der Waals surface area contributed by atoms with Gasteiger partial charge in [0.25, 0.3) is 0 Å². The number of hydroxylamine groups is 1. The van der Waals surface area contributed by atoms with E-state index >= 15 is 0 Å². The van der Waals surface area contributed by atoms with Crippen molar-refractivity contribution in [2.75, 3.05) is 13.2 Å². The molecule has 0 saturated heterocycles. The van der Waals surface area contributed by atoms with E-state index in [1.165, 1.54) is 0 Å².